The number of carbonyl (C=O) groups is 1. The van der Waals surface area contributed by atoms with E-state index in [1.54, 1.807) is 28.9 Å². The summed E-state index contributed by atoms with van der Waals surface area (Å²) in [6.45, 7) is 6.48. The van der Waals surface area contributed by atoms with Crippen molar-refractivity contribution < 1.29 is 4.79 Å². The highest BCUT2D eigenvalue weighted by Crippen LogP contribution is 2.18. The molecule has 3 N–H and O–H groups in total. The minimum Gasteiger partial charge on any atom is -0.356 e. The van der Waals surface area contributed by atoms with Crippen LogP contribution < -0.4 is 16.2 Å². The number of carbonyl (C=O) groups excluding carboxylic acids is 1. The lowest BCUT2D eigenvalue weighted by molar-refractivity contribution is -0.116. The van der Waals surface area contributed by atoms with E-state index in [1.165, 1.54) is 6.20 Å². The van der Waals surface area contributed by atoms with Gasteiger partial charge in [-0.15, -0.1) is 0 Å². The van der Waals surface area contributed by atoms with Gasteiger partial charge in [-0.05, 0) is 51.5 Å². The first-order valence-corrected chi connectivity index (χ1v) is 9.39. The predicted octanol–water partition coefficient (Wildman–Crippen LogP) is 3.36. The molecule has 0 bridgehead atoms. The van der Waals surface area contributed by atoms with E-state index >= 15 is 0 Å². The lowest BCUT2D eigenvalue weighted by Gasteiger charge is -2.19. The Morgan fingerprint density at radius 1 is 1.25 bits per heavy atom. The second-order valence-corrected chi connectivity index (χ2v) is 7.90. The van der Waals surface area contributed by atoms with E-state index in [2.05, 4.69) is 25.7 Å². The highest BCUT2D eigenvalue weighted by molar-refractivity contribution is 6.30. The summed E-state index contributed by atoms with van der Waals surface area (Å²) in [5, 5.41) is 11.2. The van der Waals surface area contributed by atoms with Crippen molar-refractivity contribution in [2.75, 3.05) is 17.2 Å². The third-order valence-corrected chi connectivity index (χ3v) is 4.33. The van der Waals surface area contributed by atoms with Crippen LogP contribution in [-0.4, -0.2) is 32.2 Å². The number of aromatic amines is 1. The van der Waals surface area contributed by atoms with Gasteiger partial charge in [-0.2, -0.15) is 10.1 Å². The van der Waals surface area contributed by atoms with Crippen LogP contribution in [0.15, 0.2) is 35.3 Å². The summed E-state index contributed by atoms with van der Waals surface area (Å²) in [5.41, 5.74) is 0.691. The van der Waals surface area contributed by atoms with Gasteiger partial charge in [0.25, 0.3) is 5.56 Å². The van der Waals surface area contributed by atoms with E-state index in [4.69, 9.17) is 11.6 Å². The predicted molar refractivity (Wildman–Crippen MR) is 111 cm³/mol. The maximum absolute atomic E-state index is 12.2. The average Bonchev–Trinajstić information content (AvgIpc) is 3.06. The molecule has 9 heteroatoms. The highest BCUT2D eigenvalue weighted by Gasteiger charge is 2.19. The number of fused-ring (bicyclic) bond motifs is 1. The zero-order chi connectivity index (χ0) is 20.3. The van der Waals surface area contributed by atoms with Crippen molar-refractivity contribution in [2.24, 2.45) is 0 Å². The summed E-state index contributed by atoms with van der Waals surface area (Å²) in [6, 6.07) is 6.94. The van der Waals surface area contributed by atoms with Crippen molar-refractivity contribution >= 4 is 40.2 Å². The summed E-state index contributed by atoms with van der Waals surface area (Å²) in [5.74, 6) is 0.272. The number of aromatic nitrogens is 4. The van der Waals surface area contributed by atoms with Gasteiger partial charge in [0.2, 0.25) is 11.9 Å². The van der Waals surface area contributed by atoms with Crippen molar-refractivity contribution in [3.63, 3.8) is 0 Å². The standard InChI is InChI=1S/C19H23ClN6O2/c1-19(2,3)26-16-14(11-22-26)17(28)25-18(24-16)21-10-4-5-15(27)23-13-8-6-12(20)7-9-13/h6-9,11H,4-5,10H2,1-3H3,(H,23,27)(H2,21,24,25,28). The summed E-state index contributed by atoms with van der Waals surface area (Å²) in [4.78, 5) is 31.4. The number of hydrogen-bond acceptors (Lipinski definition) is 5. The number of hydrogen-bond donors (Lipinski definition) is 3. The molecule has 0 aliphatic heterocycles. The van der Waals surface area contributed by atoms with Gasteiger partial charge in [-0.1, -0.05) is 11.6 Å². The normalized spacial score (nSPS) is 11.6. The molecule has 0 saturated carbocycles. The Kier molecular flexibility index (Phi) is 5.69. The lowest BCUT2D eigenvalue weighted by atomic mass is 10.1. The summed E-state index contributed by atoms with van der Waals surface area (Å²) in [7, 11) is 0. The molecule has 0 unspecified atom stereocenters. The largest absolute Gasteiger partial charge is 0.356 e. The van der Waals surface area contributed by atoms with Gasteiger partial charge < -0.3 is 10.6 Å². The van der Waals surface area contributed by atoms with Crippen molar-refractivity contribution in [1.29, 1.82) is 0 Å². The Balaban J connectivity index is 1.57. The molecule has 3 aromatic rings. The van der Waals surface area contributed by atoms with Gasteiger partial charge in [0.1, 0.15) is 5.39 Å². The SMILES string of the molecule is CC(C)(C)n1ncc2c(=O)[nH]c(NCCCC(=O)Nc3ccc(Cl)cc3)nc21. The Labute approximate surface area is 167 Å². The Morgan fingerprint density at radius 2 is 1.96 bits per heavy atom. The minimum atomic E-state index is -0.292. The Hall–Kier alpha value is -2.87. The topological polar surface area (TPSA) is 105 Å². The number of benzene rings is 1. The average molecular weight is 403 g/mol. The summed E-state index contributed by atoms with van der Waals surface area (Å²) < 4.78 is 1.72. The van der Waals surface area contributed by atoms with Crippen LogP contribution in [0.3, 0.4) is 0 Å². The molecule has 0 fully saturated rings. The van der Waals surface area contributed by atoms with Crippen LogP contribution >= 0.6 is 11.6 Å². The maximum Gasteiger partial charge on any atom is 0.263 e. The molecule has 1 amide bonds. The molecule has 2 aromatic heterocycles. The van der Waals surface area contributed by atoms with Crippen LogP contribution in [-0.2, 0) is 10.3 Å². The zero-order valence-corrected chi connectivity index (χ0v) is 16.8. The fraction of sp³-hybridized carbons (Fsp3) is 0.368. The summed E-state index contributed by atoms with van der Waals surface area (Å²) >= 11 is 5.83. The summed E-state index contributed by atoms with van der Waals surface area (Å²) in [6.07, 6.45) is 2.44. The second-order valence-electron chi connectivity index (χ2n) is 7.46. The van der Waals surface area contributed by atoms with E-state index < -0.39 is 0 Å². The molecular weight excluding hydrogens is 380 g/mol. The number of anilines is 2. The Bertz CT molecular complexity index is 1030. The second kappa shape index (κ2) is 8.02. The van der Waals surface area contributed by atoms with E-state index in [0.29, 0.717) is 47.1 Å². The molecular formula is C19H23ClN6O2. The van der Waals surface area contributed by atoms with Gasteiger partial charge in [0, 0.05) is 23.7 Å². The van der Waals surface area contributed by atoms with E-state index in [1.807, 2.05) is 20.8 Å². The molecule has 2 heterocycles. The third-order valence-electron chi connectivity index (χ3n) is 4.07. The number of nitrogens with one attached hydrogen (secondary N) is 3. The van der Waals surface area contributed by atoms with E-state index in [0.717, 1.165) is 0 Å². The van der Waals surface area contributed by atoms with Gasteiger partial charge in [0.05, 0.1) is 11.7 Å². The van der Waals surface area contributed by atoms with Crippen molar-refractivity contribution in [3.05, 3.63) is 45.8 Å². The van der Waals surface area contributed by atoms with Crippen molar-refractivity contribution in [1.82, 2.24) is 19.7 Å². The van der Waals surface area contributed by atoms with Crippen LogP contribution in [0.2, 0.25) is 5.02 Å². The zero-order valence-electron chi connectivity index (χ0n) is 16.0. The Morgan fingerprint density at radius 3 is 2.64 bits per heavy atom. The molecule has 28 heavy (non-hydrogen) atoms. The van der Waals surface area contributed by atoms with E-state index in [9.17, 15) is 9.59 Å². The number of nitrogens with zero attached hydrogens (tertiary/aromatic N) is 3. The van der Waals surface area contributed by atoms with Gasteiger partial charge in [0.15, 0.2) is 5.65 Å². The number of amides is 1. The van der Waals surface area contributed by atoms with Crippen molar-refractivity contribution in [3.8, 4) is 0 Å². The number of halogens is 1. The molecule has 0 radical (unpaired) electrons. The van der Waals surface area contributed by atoms with Crippen LogP contribution in [0.1, 0.15) is 33.6 Å². The van der Waals surface area contributed by atoms with Crippen LogP contribution in [0.5, 0.6) is 0 Å². The first-order valence-electron chi connectivity index (χ1n) is 9.02. The fourth-order valence-corrected chi connectivity index (χ4v) is 2.83. The molecule has 0 spiro atoms. The fourth-order valence-electron chi connectivity index (χ4n) is 2.71. The van der Waals surface area contributed by atoms with Crippen molar-refractivity contribution in [2.45, 2.75) is 39.2 Å². The molecule has 8 nitrogen and oxygen atoms in total. The van der Waals surface area contributed by atoms with Crippen LogP contribution in [0, 0.1) is 0 Å². The number of rotatable bonds is 6. The first kappa shape index (κ1) is 19.9. The monoisotopic (exact) mass is 402 g/mol. The minimum absolute atomic E-state index is 0.0909. The molecule has 0 saturated heterocycles. The van der Waals surface area contributed by atoms with E-state index in [-0.39, 0.29) is 17.0 Å². The quantitative estimate of drug-likeness (QED) is 0.548. The first-order chi connectivity index (χ1) is 13.2. The van der Waals surface area contributed by atoms with Crippen LogP contribution in [0.4, 0.5) is 11.6 Å². The molecule has 148 valence electrons. The third kappa shape index (κ3) is 4.69. The maximum atomic E-state index is 12.2. The van der Waals surface area contributed by atoms with Gasteiger partial charge >= 0.3 is 0 Å². The molecule has 1 aromatic carbocycles. The lowest BCUT2D eigenvalue weighted by Crippen LogP contribution is -2.24. The molecule has 0 atom stereocenters. The smallest absolute Gasteiger partial charge is 0.263 e. The number of H-pyrrole nitrogens is 1. The molecule has 3 rings (SSSR count). The van der Waals surface area contributed by atoms with Gasteiger partial charge in [-0.25, -0.2) is 4.68 Å². The van der Waals surface area contributed by atoms with Gasteiger partial charge in [-0.3, -0.25) is 14.6 Å². The van der Waals surface area contributed by atoms with Crippen LogP contribution in [0.25, 0.3) is 11.0 Å². The highest BCUT2D eigenvalue weighted by atomic mass is 35.5. The molecule has 0 aliphatic rings. The molecule has 0 aliphatic carbocycles.